The lowest BCUT2D eigenvalue weighted by atomic mass is 9.66. The van der Waals surface area contributed by atoms with Crippen molar-refractivity contribution >= 4 is 35.2 Å². The summed E-state index contributed by atoms with van der Waals surface area (Å²) in [7, 11) is 0. The zero-order valence-corrected chi connectivity index (χ0v) is 21.0. The molecule has 1 aromatic rings. The normalized spacial score (nSPS) is 32.6. The minimum Gasteiger partial charge on any atom is -0.481 e. The third kappa shape index (κ3) is 3.33. The van der Waals surface area contributed by atoms with E-state index in [1.54, 1.807) is 11.0 Å². The molecule has 3 aliphatic heterocycles. The number of likely N-dealkylation sites (tertiary alicyclic amines) is 1. The maximum Gasteiger partial charge on any atom is 0.308 e. The first-order chi connectivity index (χ1) is 16.1. The zero-order valence-electron chi connectivity index (χ0n) is 20.2. The molecular formula is C26H34N2O5S. The molecule has 4 rings (SSSR count). The predicted molar refractivity (Wildman–Crippen MR) is 133 cm³/mol. The third-order valence-corrected chi connectivity index (χ3v) is 10.1. The van der Waals surface area contributed by atoms with E-state index < -0.39 is 34.6 Å². The Morgan fingerprint density at radius 3 is 2.53 bits per heavy atom. The molecule has 3 heterocycles. The molecule has 184 valence electrons. The highest BCUT2D eigenvalue weighted by molar-refractivity contribution is 8.02. The third-order valence-electron chi connectivity index (χ3n) is 8.06. The van der Waals surface area contributed by atoms with Crippen LogP contribution in [-0.2, 0) is 14.4 Å². The number of carboxylic acids is 1. The molecule has 3 saturated heterocycles. The van der Waals surface area contributed by atoms with Crippen molar-refractivity contribution < 1.29 is 24.6 Å². The number of hydrogen-bond donors (Lipinski definition) is 2. The number of benzene rings is 1. The molecule has 7 nitrogen and oxygen atoms in total. The number of thioether (sulfide) groups is 1. The van der Waals surface area contributed by atoms with Crippen molar-refractivity contribution in [1.82, 2.24) is 4.90 Å². The molecule has 1 spiro atoms. The molecule has 8 heteroatoms. The van der Waals surface area contributed by atoms with Gasteiger partial charge in [0.15, 0.2) is 0 Å². The minimum absolute atomic E-state index is 0.00857. The van der Waals surface area contributed by atoms with Gasteiger partial charge in [-0.3, -0.25) is 14.4 Å². The maximum atomic E-state index is 14.5. The van der Waals surface area contributed by atoms with E-state index >= 15 is 0 Å². The molecule has 3 fully saturated rings. The highest BCUT2D eigenvalue weighted by Crippen LogP contribution is 2.69. The summed E-state index contributed by atoms with van der Waals surface area (Å²) < 4.78 is -0.833. The number of fused-ring (bicyclic) bond motifs is 1. The van der Waals surface area contributed by atoms with Crippen molar-refractivity contribution in [3.63, 3.8) is 0 Å². The van der Waals surface area contributed by atoms with Gasteiger partial charge in [-0.1, -0.05) is 38.1 Å². The van der Waals surface area contributed by atoms with Gasteiger partial charge in [0.2, 0.25) is 5.91 Å². The lowest BCUT2D eigenvalue weighted by Gasteiger charge is -2.42. The van der Waals surface area contributed by atoms with Gasteiger partial charge >= 0.3 is 5.97 Å². The minimum atomic E-state index is -0.979. The molecule has 2 N–H and O–H groups in total. The van der Waals surface area contributed by atoms with E-state index in [0.717, 1.165) is 16.8 Å². The number of rotatable bonds is 8. The molecule has 3 unspecified atom stereocenters. The van der Waals surface area contributed by atoms with Gasteiger partial charge in [0.25, 0.3) is 5.91 Å². The number of aliphatic hydroxyl groups is 1. The molecule has 0 radical (unpaired) electrons. The lowest BCUT2D eigenvalue weighted by molar-refractivity contribution is -0.149. The molecule has 0 aliphatic carbocycles. The number of carbonyl (C=O) groups is 3. The van der Waals surface area contributed by atoms with Crippen LogP contribution in [0.2, 0.25) is 0 Å². The fourth-order valence-corrected chi connectivity index (χ4v) is 9.02. The molecule has 7 atom stereocenters. The van der Waals surface area contributed by atoms with E-state index in [2.05, 4.69) is 6.58 Å². The second kappa shape index (κ2) is 9.04. The maximum absolute atomic E-state index is 14.5. The van der Waals surface area contributed by atoms with Crippen LogP contribution in [0.1, 0.15) is 37.8 Å². The summed E-state index contributed by atoms with van der Waals surface area (Å²) in [5, 5.41) is 20.0. The molecule has 2 amide bonds. The van der Waals surface area contributed by atoms with Crippen molar-refractivity contribution in [3.8, 4) is 0 Å². The van der Waals surface area contributed by atoms with Crippen molar-refractivity contribution in [1.29, 1.82) is 0 Å². The van der Waals surface area contributed by atoms with Crippen LogP contribution < -0.4 is 4.90 Å². The van der Waals surface area contributed by atoms with E-state index in [4.69, 9.17) is 0 Å². The van der Waals surface area contributed by atoms with E-state index in [9.17, 15) is 24.6 Å². The van der Waals surface area contributed by atoms with Gasteiger partial charge in [-0.2, -0.15) is 0 Å². The Morgan fingerprint density at radius 2 is 2.00 bits per heavy atom. The largest absolute Gasteiger partial charge is 0.481 e. The highest BCUT2D eigenvalue weighted by atomic mass is 32.2. The smallest absolute Gasteiger partial charge is 0.308 e. The molecule has 0 aromatic heterocycles. The zero-order chi connectivity index (χ0) is 24.9. The van der Waals surface area contributed by atoms with Crippen LogP contribution in [0.4, 0.5) is 5.69 Å². The second-order valence-electron chi connectivity index (χ2n) is 9.86. The monoisotopic (exact) mass is 486 g/mol. The first kappa shape index (κ1) is 24.8. The summed E-state index contributed by atoms with van der Waals surface area (Å²) in [4.78, 5) is 43.9. The standard InChI is InChI=1S/C26H34N2O5S/c1-6-11-27(21-14(3)9-8-10-15(21)4)24(31)22-26-16(5)12-18(34-26)19(25(32)33)20(26)23(30)28(22)17(7-2)13-29/h6,8-10,16-20,22,29H,1,7,11-13H2,2-5H3,(H,32,33)/t16?,17-,18+,19-,20-,22?,26?/m0/s1. The number of aliphatic carboxylic acids is 1. The van der Waals surface area contributed by atoms with Crippen molar-refractivity contribution in [3.05, 3.63) is 42.0 Å². The van der Waals surface area contributed by atoms with Gasteiger partial charge in [0.1, 0.15) is 6.04 Å². The van der Waals surface area contributed by atoms with Crippen molar-refractivity contribution in [2.75, 3.05) is 18.1 Å². The number of para-hydroxylation sites is 1. The summed E-state index contributed by atoms with van der Waals surface area (Å²) >= 11 is 1.52. The van der Waals surface area contributed by atoms with Gasteiger partial charge in [-0.25, -0.2) is 0 Å². The molecule has 3 aliphatic rings. The van der Waals surface area contributed by atoms with Crippen LogP contribution in [0.25, 0.3) is 0 Å². The highest BCUT2D eigenvalue weighted by Gasteiger charge is 2.77. The van der Waals surface area contributed by atoms with Crippen LogP contribution in [0.15, 0.2) is 30.9 Å². The first-order valence-corrected chi connectivity index (χ1v) is 12.9. The lowest BCUT2D eigenvalue weighted by Crippen LogP contribution is -2.59. The summed E-state index contributed by atoms with van der Waals surface area (Å²) in [5.74, 6) is -3.13. The second-order valence-corrected chi connectivity index (χ2v) is 11.4. The van der Waals surface area contributed by atoms with E-state index in [1.807, 2.05) is 45.9 Å². The van der Waals surface area contributed by atoms with Gasteiger partial charge < -0.3 is 20.0 Å². The number of anilines is 1. The van der Waals surface area contributed by atoms with Gasteiger partial charge in [0.05, 0.1) is 29.2 Å². The first-order valence-electron chi connectivity index (χ1n) is 12.0. The average molecular weight is 487 g/mol. The molecule has 0 saturated carbocycles. The van der Waals surface area contributed by atoms with Crippen molar-refractivity contribution in [2.45, 2.75) is 62.6 Å². The Kier molecular flexibility index (Phi) is 6.59. The molecule has 34 heavy (non-hydrogen) atoms. The number of nitrogens with zero attached hydrogens (tertiary/aromatic N) is 2. The SMILES string of the molecule is C=CCN(C(=O)C1N([C@@H](CC)CO)C(=O)[C@@H]2[C@@H](C(=O)O)[C@H]3CC(C)C12S3)c1c(C)cccc1C. The van der Waals surface area contributed by atoms with Crippen LogP contribution in [0, 0.1) is 31.6 Å². The summed E-state index contributed by atoms with van der Waals surface area (Å²) in [6.45, 7) is 11.7. The summed E-state index contributed by atoms with van der Waals surface area (Å²) in [6, 6.07) is 4.44. The predicted octanol–water partition coefficient (Wildman–Crippen LogP) is 3.02. The Balaban J connectivity index is 1.90. The van der Waals surface area contributed by atoms with Crippen LogP contribution in [0.5, 0.6) is 0 Å². The number of aliphatic hydroxyl groups excluding tert-OH is 1. The average Bonchev–Trinajstić information content (AvgIpc) is 3.38. The van der Waals surface area contributed by atoms with E-state index in [0.29, 0.717) is 12.8 Å². The quantitative estimate of drug-likeness (QED) is 0.548. The molecule has 1 aromatic carbocycles. The van der Waals surface area contributed by atoms with Gasteiger partial charge in [-0.15, -0.1) is 18.3 Å². The fourth-order valence-electron chi connectivity index (χ4n) is 6.63. The van der Waals surface area contributed by atoms with E-state index in [1.165, 1.54) is 16.7 Å². The number of aryl methyl sites for hydroxylation is 2. The van der Waals surface area contributed by atoms with Crippen LogP contribution >= 0.6 is 11.8 Å². The molecule has 2 bridgehead atoms. The Hall–Kier alpha value is -2.32. The Bertz CT molecular complexity index is 1000. The number of carboxylic acid groups (broad SMARTS) is 1. The Morgan fingerprint density at radius 1 is 1.35 bits per heavy atom. The number of amides is 2. The summed E-state index contributed by atoms with van der Waals surface area (Å²) in [6.07, 6.45) is 2.80. The number of carbonyl (C=O) groups excluding carboxylic acids is 2. The summed E-state index contributed by atoms with van der Waals surface area (Å²) in [5.41, 5.74) is 2.67. The fraction of sp³-hybridized carbons (Fsp3) is 0.577. The molecular weight excluding hydrogens is 452 g/mol. The Labute approximate surface area is 205 Å². The topological polar surface area (TPSA) is 98.2 Å². The van der Waals surface area contributed by atoms with E-state index in [-0.39, 0.29) is 36.1 Å². The van der Waals surface area contributed by atoms with Crippen molar-refractivity contribution in [2.24, 2.45) is 17.8 Å². The number of hydrogen-bond acceptors (Lipinski definition) is 5. The van der Waals surface area contributed by atoms with Gasteiger partial charge in [-0.05, 0) is 43.7 Å². The van der Waals surface area contributed by atoms with Gasteiger partial charge in [0, 0.05) is 17.5 Å². The van der Waals surface area contributed by atoms with Crippen LogP contribution in [0.3, 0.4) is 0 Å². The van der Waals surface area contributed by atoms with Crippen LogP contribution in [-0.4, -0.2) is 68.1 Å².